The van der Waals surface area contributed by atoms with Gasteiger partial charge in [0.05, 0.1) is 6.54 Å². The summed E-state index contributed by atoms with van der Waals surface area (Å²) in [6.45, 7) is 3.84. The first-order chi connectivity index (χ1) is 7.24. The molecular formula is C12H22N2O. The van der Waals surface area contributed by atoms with E-state index in [1.165, 1.54) is 32.1 Å². The van der Waals surface area contributed by atoms with Crippen molar-refractivity contribution in [3.8, 4) is 0 Å². The van der Waals surface area contributed by atoms with Crippen LogP contribution < -0.4 is 10.6 Å². The van der Waals surface area contributed by atoms with Crippen molar-refractivity contribution in [3.05, 3.63) is 0 Å². The molecule has 2 aliphatic rings. The molecule has 2 fully saturated rings. The van der Waals surface area contributed by atoms with Gasteiger partial charge in [-0.25, -0.2) is 0 Å². The average molecular weight is 210 g/mol. The van der Waals surface area contributed by atoms with E-state index in [9.17, 15) is 4.79 Å². The molecule has 3 heteroatoms. The Balaban J connectivity index is 1.52. The lowest BCUT2D eigenvalue weighted by Gasteiger charge is -2.10. The van der Waals surface area contributed by atoms with Gasteiger partial charge in [-0.1, -0.05) is 13.3 Å². The molecule has 2 atom stereocenters. The highest BCUT2D eigenvalue weighted by atomic mass is 16.2. The van der Waals surface area contributed by atoms with Crippen molar-refractivity contribution in [1.82, 2.24) is 10.6 Å². The van der Waals surface area contributed by atoms with E-state index in [-0.39, 0.29) is 5.91 Å². The predicted molar refractivity (Wildman–Crippen MR) is 60.5 cm³/mol. The quantitative estimate of drug-likeness (QED) is 0.718. The summed E-state index contributed by atoms with van der Waals surface area (Å²) in [4.78, 5) is 11.4. The highest BCUT2D eigenvalue weighted by molar-refractivity contribution is 5.78. The Morgan fingerprint density at radius 1 is 1.27 bits per heavy atom. The molecule has 0 spiro atoms. The van der Waals surface area contributed by atoms with E-state index in [0.29, 0.717) is 12.6 Å². The van der Waals surface area contributed by atoms with Crippen LogP contribution in [0.3, 0.4) is 0 Å². The van der Waals surface area contributed by atoms with Crippen LogP contribution >= 0.6 is 0 Å². The van der Waals surface area contributed by atoms with Crippen LogP contribution in [0, 0.1) is 11.8 Å². The maximum Gasteiger partial charge on any atom is 0.234 e. The minimum absolute atomic E-state index is 0.170. The molecule has 3 nitrogen and oxygen atoms in total. The molecule has 0 radical (unpaired) electrons. The summed E-state index contributed by atoms with van der Waals surface area (Å²) in [5.41, 5.74) is 0. The molecular weight excluding hydrogens is 188 g/mol. The first-order valence-corrected chi connectivity index (χ1v) is 6.24. The maximum atomic E-state index is 11.4. The lowest BCUT2D eigenvalue weighted by molar-refractivity contribution is -0.120. The molecule has 0 aromatic rings. The van der Waals surface area contributed by atoms with E-state index in [1.54, 1.807) is 0 Å². The van der Waals surface area contributed by atoms with Gasteiger partial charge in [0, 0.05) is 6.04 Å². The fourth-order valence-corrected chi connectivity index (χ4v) is 2.41. The smallest absolute Gasteiger partial charge is 0.234 e. The fourth-order valence-electron chi connectivity index (χ4n) is 2.41. The second-order valence-electron chi connectivity index (χ2n) is 5.26. The van der Waals surface area contributed by atoms with Gasteiger partial charge in [-0.15, -0.1) is 0 Å². The number of carbonyl (C=O) groups is 1. The summed E-state index contributed by atoms with van der Waals surface area (Å²) in [6.07, 6.45) is 6.37. The van der Waals surface area contributed by atoms with Crippen LogP contribution in [0.5, 0.6) is 0 Å². The minimum Gasteiger partial charge on any atom is -0.352 e. The van der Waals surface area contributed by atoms with Gasteiger partial charge in [0.1, 0.15) is 0 Å². The molecule has 0 heterocycles. The molecule has 2 rings (SSSR count). The van der Waals surface area contributed by atoms with E-state index in [4.69, 9.17) is 0 Å². The third-order valence-electron chi connectivity index (χ3n) is 3.46. The number of nitrogens with one attached hydrogen (secondary N) is 2. The monoisotopic (exact) mass is 210 g/mol. The van der Waals surface area contributed by atoms with Crippen LogP contribution in [0.15, 0.2) is 0 Å². The van der Waals surface area contributed by atoms with E-state index in [0.717, 1.165) is 18.4 Å². The molecule has 15 heavy (non-hydrogen) atoms. The Labute approximate surface area is 92.0 Å². The van der Waals surface area contributed by atoms with Crippen LogP contribution in [0.1, 0.15) is 39.0 Å². The van der Waals surface area contributed by atoms with Crippen molar-refractivity contribution in [2.75, 3.05) is 13.1 Å². The normalized spacial score (nSPS) is 30.5. The van der Waals surface area contributed by atoms with Crippen molar-refractivity contribution >= 4 is 5.91 Å². The van der Waals surface area contributed by atoms with E-state index >= 15 is 0 Å². The number of hydrogen-bond acceptors (Lipinski definition) is 2. The van der Waals surface area contributed by atoms with Crippen molar-refractivity contribution in [1.29, 1.82) is 0 Å². The third-order valence-corrected chi connectivity index (χ3v) is 3.46. The van der Waals surface area contributed by atoms with Crippen molar-refractivity contribution in [3.63, 3.8) is 0 Å². The van der Waals surface area contributed by atoms with Crippen molar-refractivity contribution < 1.29 is 4.79 Å². The molecule has 2 N–H and O–H groups in total. The first kappa shape index (κ1) is 10.9. The Morgan fingerprint density at radius 2 is 2.07 bits per heavy atom. The standard InChI is InChI=1S/C12H22N2O/c1-9-2-3-10(6-9)7-13-8-12(15)14-11-4-5-11/h9-11,13H,2-8H2,1H3,(H,14,15). The van der Waals surface area contributed by atoms with Crippen molar-refractivity contribution in [2.24, 2.45) is 11.8 Å². The van der Waals surface area contributed by atoms with Gasteiger partial charge >= 0.3 is 0 Å². The summed E-state index contributed by atoms with van der Waals surface area (Å²) in [7, 11) is 0. The largest absolute Gasteiger partial charge is 0.352 e. The van der Waals surface area contributed by atoms with Crippen LogP contribution in [-0.2, 0) is 4.79 Å². The van der Waals surface area contributed by atoms with Gasteiger partial charge < -0.3 is 10.6 Å². The summed E-state index contributed by atoms with van der Waals surface area (Å²) in [5.74, 6) is 1.86. The Hall–Kier alpha value is -0.570. The second-order valence-corrected chi connectivity index (χ2v) is 5.26. The van der Waals surface area contributed by atoms with Gasteiger partial charge in [-0.05, 0) is 44.1 Å². The molecule has 1 amide bonds. The van der Waals surface area contributed by atoms with Gasteiger partial charge in [-0.3, -0.25) is 4.79 Å². The average Bonchev–Trinajstić information content (AvgIpc) is 2.89. The van der Waals surface area contributed by atoms with Crippen LogP contribution in [0.25, 0.3) is 0 Å². The predicted octanol–water partition coefficient (Wildman–Crippen LogP) is 1.29. The fraction of sp³-hybridized carbons (Fsp3) is 0.917. The molecule has 2 saturated carbocycles. The lowest BCUT2D eigenvalue weighted by Crippen LogP contribution is -2.36. The number of rotatable bonds is 5. The molecule has 0 aromatic heterocycles. The van der Waals surface area contributed by atoms with E-state index < -0.39 is 0 Å². The SMILES string of the molecule is CC1CCC(CNCC(=O)NC2CC2)C1. The van der Waals surface area contributed by atoms with E-state index in [2.05, 4.69) is 17.6 Å². The Kier molecular flexibility index (Phi) is 3.62. The number of hydrogen-bond donors (Lipinski definition) is 2. The molecule has 86 valence electrons. The molecule has 2 unspecified atom stereocenters. The topological polar surface area (TPSA) is 41.1 Å². The molecule has 0 aliphatic heterocycles. The zero-order valence-corrected chi connectivity index (χ0v) is 9.59. The van der Waals surface area contributed by atoms with E-state index in [1.807, 2.05) is 0 Å². The third kappa shape index (κ3) is 3.82. The first-order valence-electron chi connectivity index (χ1n) is 6.24. The molecule has 0 bridgehead atoms. The lowest BCUT2D eigenvalue weighted by atomic mass is 10.1. The van der Waals surface area contributed by atoms with Crippen LogP contribution in [0.2, 0.25) is 0 Å². The highest BCUT2D eigenvalue weighted by Gasteiger charge is 2.23. The molecule has 0 saturated heterocycles. The summed E-state index contributed by atoms with van der Waals surface area (Å²) in [6, 6.07) is 0.491. The van der Waals surface area contributed by atoms with Gasteiger partial charge in [-0.2, -0.15) is 0 Å². The zero-order valence-electron chi connectivity index (χ0n) is 9.59. The van der Waals surface area contributed by atoms with Crippen LogP contribution in [0.4, 0.5) is 0 Å². The van der Waals surface area contributed by atoms with Gasteiger partial charge in [0.15, 0.2) is 0 Å². The summed E-state index contributed by atoms with van der Waals surface area (Å²) < 4.78 is 0. The Bertz CT molecular complexity index is 226. The van der Waals surface area contributed by atoms with Gasteiger partial charge in [0.25, 0.3) is 0 Å². The maximum absolute atomic E-state index is 11.4. The minimum atomic E-state index is 0.170. The van der Waals surface area contributed by atoms with Crippen LogP contribution in [-0.4, -0.2) is 25.0 Å². The molecule has 2 aliphatic carbocycles. The number of amides is 1. The summed E-state index contributed by atoms with van der Waals surface area (Å²) in [5, 5.41) is 6.26. The summed E-state index contributed by atoms with van der Waals surface area (Å²) >= 11 is 0. The Morgan fingerprint density at radius 3 is 2.67 bits per heavy atom. The van der Waals surface area contributed by atoms with Gasteiger partial charge in [0.2, 0.25) is 5.91 Å². The number of carbonyl (C=O) groups excluding carboxylic acids is 1. The second kappa shape index (κ2) is 4.97. The molecule has 0 aromatic carbocycles. The zero-order chi connectivity index (χ0) is 10.7. The highest BCUT2D eigenvalue weighted by Crippen LogP contribution is 2.29. The van der Waals surface area contributed by atoms with Crippen molar-refractivity contribution in [2.45, 2.75) is 45.1 Å².